The highest BCUT2D eigenvalue weighted by atomic mass is 35.5. The molecule has 0 atom stereocenters. The Kier molecular flexibility index (Phi) is 3.30. The molecule has 0 bridgehead atoms. The number of hydrogen-bond donors (Lipinski definition) is 0. The number of carbonyl (C=O) groups is 1. The smallest absolute Gasteiger partial charge is 0.259 e. The lowest BCUT2D eigenvalue weighted by Crippen LogP contribution is -2.14. The molecule has 1 heterocycles. The molecule has 1 rings (SSSR count). The van der Waals surface area contributed by atoms with Crippen LogP contribution in [0.3, 0.4) is 0 Å². The van der Waals surface area contributed by atoms with Crippen molar-refractivity contribution < 1.29 is 9.53 Å². The van der Waals surface area contributed by atoms with Crippen LogP contribution in [0.25, 0.3) is 0 Å². The summed E-state index contributed by atoms with van der Waals surface area (Å²) in [5, 5.41) is -0.632. The molecule has 0 spiro atoms. The van der Waals surface area contributed by atoms with Gasteiger partial charge in [-0.1, -0.05) is 0 Å². The summed E-state index contributed by atoms with van der Waals surface area (Å²) in [6, 6.07) is 1.44. The number of carbonyl (C=O) groups excluding carboxylic acids is 1. The van der Waals surface area contributed by atoms with Gasteiger partial charge in [0.1, 0.15) is 0 Å². The molecule has 0 aliphatic rings. The highest BCUT2D eigenvalue weighted by molar-refractivity contribution is 6.63. The summed E-state index contributed by atoms with van der Waals surface area (Å²) < 4.78 is 6.65. The zero-order valence-electron chi connectivity index (χ0n) is 7.91. The molecule has 0 radical (unpaired) electrons. The van der Waals surface area contributed by atoms with Gasteiger partial charge in [-0.15, -0.1) is 0 Å². The standard InChI is InChI=1S/C9H10ClNO3/c1-6-3-7(12)8(4-11(6)2)14-5-9(10)13/h3-4H,5H2,1-2H3. The monoisotopic (exact) mass is 215 g/mol. The second-order valence-corrected chi connectivity index (χ2v) is 3.32. The molecule has 76 valence electrons. The van der Waals surface area contributed by atoms with E-state index in [-0.39, 0.29) is 17.8 Å². The molecule has 0 saturated heterocycles. The Morgan fingerprint density at radius 3 is 2.86 bits per heavy atom. The van der Waals surface area contributed by atoms with Gasteiger partial charge in [-0.2, -0.15) is 0 Å². The summed E-state index contributed by atoms with van der Waals surface area (Å²) in [4.78, 5) is 21.7. The first-order chi connectivity index (χ1) is 6.50. The van der Waals surface area contributed by atoms with Gasteiger partial charge in [0.05, 0.1) is 0 Å². The van der Waals surface area contributed by atoms with Crippen molar-refractivity contribution in [2.45, 2.75) is 6.92 Å². The van der Waals surface area contributed by atoms with Crippen molar-refractivity contribution >= 4 is 16.8 Å². The van der Waals surface area contributed by atoms with Crippen LogP contribution in [0.1, 0.15) is 5.69 Å². The summed E-state index contributed by atoms with van der Waals surface area (Å²) in [5.74, 6) is 0.132. The van der Waals surface area contributed by atoms with Gasteiger partial charge in [0.2, 0.25) is 5.43 Å². The Hall–Kier alpha value is -1.29. The third-order valence-electron chi connectivity index (χ3n) is 1.79. The predicted molar refractivity (Wildman–Crippen MR) is 52.8 cm³/mol. The molecule has 0 N–H and O–H groups in total. The lowest BCUT2D eigenvalue weighted by atomic mass is 10.3. The zero-order valence-corrected chi connectivity index (χ0v) is 8.67. The number of hydrogen-bond acceptors (Lipinski definition) is 3. The first-order valence-electron chi connectivity index (χ1n) is 3.99. The second kappa shape index (κ2) is 4.28. The van der Waals surface area contributed by atoms with E-state index in [2.05, 4.69) is 0 Å². The van der Waals surface area contributed by atoms with E-state index in [1.54, 1.807) is 18.5 Å². The van der Waals surface area contributed by atoms with Crippen LogP contribution in [0, 0.1) is 6.92 Å². The Bertz CT molecular complexity index is 411. The minimum absolute atomic E-state index is 0.132. The van der Waals surface area contributed by atoms with Crippen LogP contribution >= 0.6 is 11.6 Å². The maximum atomic E-state index is 11.3. The Morgan fingerprint density at radius 2 is 2.29 bits per heavy atom. The van der Waals surface area contributed by atoms with Crippen molar-refractivity contribution in [1.82, 2.24) is 4.57 Å². The summed E-state index contributed by atoms with van der Waals surface area (Å²) in [6.45, 7) is 1.51. The van der Waals surface area contributed by atoms with Crippen LogP contribution in [-0.4, -0.2) is 16.4 Å². The number of nitrogens with zero attached hydrogens (tertiary/aromatic N) is 1. The van der Waals surface area contributed by atoms with E-state index < -0.39 is 5.24 Å². The number of pyridine rings is 1. The summed E-state index contributed by atoms with van der Waals surface area (Å²) in [5.41, 5.74) is 0.568. The maximum absolute atomic E-state index is 11.3. The van der Waals surface area contributed by atoms with E-state index in [0.717, 1.165) is 5.69 Å². The van der Waals surface area contributed by atoms with Crippen LogP contribution in [0.5, 0.6) is 5.75 Å². The molecule has 14 heavy (non-hydrogen) atoms. The molecule has 0 aromatic carbocycles. The fraction of sp³-hybridized carbons (Fsp3) is 0.333. The lowest BCUT2D eigenvalue weighted by molar-refractivity contribution is -0.113. The quantitative estimate of drug-likeness (QED) is 0.702. The topological polar surface area (TPSA) is 48.3 Å². The third-order valence-corrected chi connectivity index (χ3v) is 1.90. The van der Waals surface area contributed by atoms with Crippen LogP contribution in [-0.2, 0) is 11.8 Å². The molecular formula is C9H10ClNO3. The van der Waals surface area contributed by atoms with Gasteiger partial charge >= 0.3 is 0 Å². The Balaban J connectivity index is 2.93. The minimum atomic E-state index is -0.632. The molecule has 0 unspecified atom stereocenters. The van der Waals surface area contributed by atoms with E-state index in [0.29, 0.717) is 0 Å². The number of halogens is 1. The summed E-state index contributed by atoms with van der Waals surface area (Å²) in [7, 11) is 1.78. The minimum Gasteiger partial charge on any atom is -0.479 e. The van der Waals surface area contributed by atoms with Gasteiger partial charge < -0.3 is 9.30 Å². The largest absolute Gasteiger partial charge is 0.479 e. The molecule has 1 aromatic heterocycles. The molecule has 0 amide bonds. The normalized spacial score (nSPS) is 9.93. The predicted octanol–water partition coefficient (Wildman–Crippen LogP) is 0.838. The lowest BCUT2D eigenvalue weighted by Gasteiger charge is -2.07. The number of aryl methyl sites for hydroxylation is 2. The van der Waals surface area contributed by atoms with Crippen molar-refractivity contribution in [3.63, 3.8) is 0 Å². The highest BCUT2D eigenvalue weighted by Gasteiger charge is 2.04. The van der Waals surface area contributed by atoms with Crippen molar-refractivity contribution in [3.05, 3.63) is 28.2 Å². The third kappa shape index (κ3) is 2.60. The molecule has 0 aliphatic carbocycles. The van der Waals surface area contributed by atoms with Crippen molar-refractivity contribution in [3.8, 4) is 5.75 Å². The van der Waals surface area contributed by atoms with E-state index in [4.69, 9.17) is 16.3 Å². The second-order valence-electron chi connectivity index (χ2n) is 2.90. The van der Waals surface area contributed by atoms with Gasteiger partial charge in [-0.25, -0.2) is 0 Å². The van der Waals surface area contributed by atoms with Crippen LogP contribution in [0.15, 0.2) is 17.1 Å². The van der Waals surface area contributed by atoms with Crippen molar-refractivity contribution in [2.75, 3.05) is 6.61 Å². The summed E-state index contributed by atoms with van der Waals surface area (Å²) >= 11 is 5.08. The fourth-order valence-corrected chi connectivity index (χ4v) is 1.00. The molecular weight excluding hydrogens is 206 g/mol. The Labute approximate surface area is 86.1 Å². The fourth-order valence-electron chi connectivity index (χ4n) is 0.947. The van der Waals surface area contributed by atoms with Gasteiger partial charge in [0, 0.05) is 25.0 Å². The van der Waals surface area contributed by atoms with E-state index >= 15 is 0 Å². The SMILES string of the molecule is Cc1cc(=O)c(OCC(=O)Cl)cn1C. The van der Waals surface area contributed by atoms with Gasteiger partial charge in [0.25, 0.3) is 5.24 Å². The van der Waals surface area contributed by atoms with Crippen molar-refractivity contribution in [1.29, 1.82) is 0 Å². The van der Waals surface area contributed by atoms with E-state index in [1.165, 1.54) is 12.3 Å². The molecule has 4 nitrogen and oxygen atoms in total. The van der Waals surface area contributed by atoms with Crippen LogP contribution < -0.4 is 10.2 Å². The first-order valence-corrected chi connectivity index (χ1v) is 4.37. The van der Waals surface area contributed by atoms with Crippen molar-refractivity contribution in [2.24, 2.45) is 7.05 Å². The Morgan fingerprint density at radius 1 is 1.64 bits per heavy atom. The van der Waals surface area contributed by atoms with Crippen LogP contribution in [0.4, 0.5) is 0 Å². The van der Waals surface area contributed by atoms with E-state index in [9.17, 15) is 9.59 Å². The molecule has 0 fully saturated rings. The molecule has 5 heteroatoms. The van der Waals surface area contributed by atoms with Gasteiger partial charge in [-0.3, -0.25) is 9.59 Å². The van der Waals surface area contributed by atoms with Gasteiger partial charge in [0.15, 0.2) is 12.4 Å². The first kappa shape index (κ1) is 10.8. The average molecular weight is 216 g/mol. The average Bonchev–Trinajstić information content (AvgIpc) is 2.09. The highest BCUT2D eigenvalue weighted by Crippen LogP contribution is 2.04. The molecule has 1 aromatic rings. The molecule has 0 saturated carbocycles. The van der Waals surface area contributed by atoms with Gasteiger partial charge in [-0.05, 0) is 18.5 Å². The zero-order chi connectivity index (χ0) is 10.7. The maximum Gasteiger partial charge on any atom is 0.259 e. The van der Waals surface area contributed by atoms with Crippen LogP contribution in [0.2, 0.25) is 0 Å². The number of rotatable bonds is 3. The van der Waals surface area contributed by atoms with E-state index in [1.807, 2.05) is 0 Å². The molecule has 0 aliphatic heterocycles. The number of aromatic nitrogens is 1. The number of ether oxygens (including phenoxy) is 1. The summed E-state index contributed by atoms with van der Waals surface area (Å²) in [6.07, 6.45) is 1.53.